The lowest BCUT2D eigenvalue weighted by Gasteiger charge is -2.39. The zero-order valence-electron chi connectivity index (χ0n) is 15.9. The molecule has 154 valence electrons. The fourth-order valence-electron chi connectivity index (χ4n) is 3.68. The molecule has 4 rings (SSSR count). The van der Waals surface area contributed by atoms with E-state index in [0.29, 0.717) is 41.8 Å². The molecule has 1 N–H and O–H groups in total. The van der Waals surface area contributed by atoms with E-state index in [2.05, 4.69) is 5.32 Å². The molecule has 2 aliphatic rings. The number of amides is 2. The molecular formula is C19H22N4O4S2. The Morgan fingerprint density at radius 1 is 1.10 bits per heavy atom. The first-order valence-electron chi connectivity index (χ1n) is 9.36. The van der Waals surface area contributed by atoms with Gasteiger partial charge in [0, 0.05) is 26.2 Å². The molecule has 1 fully saturated rings. The highest BCUT2D eigenvalue weighted by molar-refractivity contribution is 7.91. The smallest absolute Gasteiger partial charge is 0.252 e. The number of carbonyl (C=O) groups is 2. The summed E-state index contributed by atoms with van der Waals surface area (Å²) in [6.07, 6.45) is 0. The van der Waals surface area contributed by atoms with Crippen molar-refractivity contribution in [3.63, 3.8) is 0 Å². The second-order valence-electron chi connectivity index (χ2n) is 7.04. The molecule has 2 aliphatic heterocycles. The number of fused-ring (bicyclic) bond motifs is 1. The number of nitrogens with one attached hydrogen (secondary N) is 1. The van der Waals surface area contributed by atoms with Crippen LogP contribution in [0.15, 0.2) is 46.0 Å². The molecule has 1 saturated heterocycles. The van der Waals surface area contributed by atoms with Gasteiger partial charge >= 0.3 is 0 Å². The lowest BCUT2D eigenvalue weighted by Crippen LogP contribution is -2.56. The van der Waals surface area contributed by atoms with Gasteiger partial charge in [0.25, 0.3) is 10.0 Å². The highest BCUT2D eigenvalue weighted by atomic mass is 32.2. The topological polar surface area (TPSA) is 90.0 Å². The number of anilines is 2. The van der Waals surface area contributed by atoms with Gasteiger partial charge in [-0.05, 0) is 30.5 Å². The van der Waals surface area contributed by atoms with Crippen LogP contribution in [0.1, 0.15) is 6.92 Å². The van der Waals surface area contributed by atoms with Gasteiger partial charge in [-0.2, -0.15) is 4.31 Å². The van der Waals surface area contributed by atoms with Gasteiger partial charge in [-0.25, -0.2) is 8.42 Å². The maximum atomic E-state index is 13.1. The standard InChI is InChI=1S/C19H22N4O4S2/c1-14(19(25)23-13-17(24)20-15-5-2-3-6-16(15)23)21-8-10-22(11-9-21)29(26,27)18-7-4-12-28-18/h2-7,12,14H,8-11,13H2,1H3,(H,20,24)/t14-/m1/s1. The van der Waals surface area contributed by atoms with Gasteiger partial charge in [-0.3, -0.25) is 19.4 Å². The van der Waals surface area contributed by atoms with Crippen LogP contribution in [0, 0.1) is 0 Å². The predicted molar refractivity (Wildman–Crippen MR) is 112 cm³/mol. The van der Waals surface area contributed by atoms with Crippen molar-refractivity contribution in [1.82, 2.24) is 9.21 Å². The summed E-state index contributed by atoms with van der Waals surface area (Å²) in [5, 5.41) is 4.53. The Kier molecular flexibility index (Phi) is 5.43. The molecule has 1 atom stereocenters. The Morgan fingerprint density at radius 2 is 1.83 bits per heavy atom. The van der Waals surface area contributed by atoms with Gasteiger partial charge in [0.1, 0.15) is 10.8 Å². The molecule has 0 radical (unpaired) electrons. The molecule has 0 aliphatic carbocycles. The van der Waals surface area contributed by atoms with Crippen LogP contribution in [0.25, 0.3) is 0 Å². The van der Waals surface area contributed by atoms with Crippen LogP contribution in [0.2, 0.25) is 0 Å². The van der Waals surface area contributed by atoms with Crippen LogP contribution < -0.4 is 10.2 Å². The minimum Gasteiger partial charge on any atom is -0.323 e. The van der Waals surface area contributed by atoms with Gasteiger partial charge < -0.3 is 5.32 Å². The molecule has 2 aromatic rings. The molecule has 0 spiro atoms. The number of benzene rings is 1. The largest absolute Gasteiger partial charge is 0.323 e. The molecule has 8 nitrogen and oxygen atoms in total. The summed E-state index contributed by atoms with van der Waals surface area (Å²) in [5.41, 5.74) is 1.30. The van der Waals surface area contributed by atoms with Gasteiger partial charge in [0.15, 0.2) is 0 Å². The normalized spacial score (nSPS) is 19.5. The molecule has 0 unspecified atom stereocenters. The van der Waals surface area contributed by atoms with E-state index in [1.54, 1.807) is 30.5 Å². The van der Waals surface area contributed by atoms with Gasteiger partial charge in [0.2, 0.25) is 11.8 Å². The van der Waals surface area contributed by atoms with Crippen molar-refractivity contribution < 1.29 is 18.0 Å². The molecule has 29 heavy (non-hydrogen) atoms. The third-order valence-electron chi connectivity index (χ3n) is 5.30. The second kappa shape index (κ2) is 7.86. The molecule has 0 saturated carbocycles. The van der Waals surface area contributed by atoms with E-state index < -0.39 is 16.1 Å². The van der Waals surface area contributed by atoms with E-state index in [0.717, 1.165) is 0 Å². The van der Waals surface area contributed by atoms with Crippen molar-refractivity contribution in [3.05, 3.63) is 41.8 Å². The number of rotatable bonds is 4. The third-order valence-corrected chi connectivity index (χ3v) is 8.58. The number of carbonyl (C=O) groups excluding carboxylic acids is 2. The fraction of sp³-hybridized carbons (Fsp3) is 0.368. The third kappa shape index (κ3) is 3.80. The van der Waals surface area contributed by atoms with Crippen LogP contribution in [-0.4, -0.2) is 68.2 Å². The summed E-state index contributed by atoms with van der Waals surface area (Å²) in [7, 11) is -3.48. The summed E-state index contributed by atoms with van der Waals surface area (Å²) in [5.74, 6) is -0.391. The highest BCUT2D eigenvalue weighted by Gasteiger charge is 2.35. The Labute approximate surface area is 173 Å². The van der Waals surface area contributed by atoms with Crippen molar-refractivity contribution in [2.75, 3.05) is 42.9 Å². The first kappa shape index (κ1) is 20.0. The molecule has 10 heteroatoms. The average Bonchev–Trinajstić information content (AvgIpc) is 3.28. The summed E-state index contributed by atoms with van der Waals surface area (Å²) >= 11 is 1.21. The average molecular weight is 435 g/mol. The molecular weight excluding hydrogens is 412 g/mol. The summed E-state index contributed by atoms with van der Waals surface area (Å²) in [6.45, 7) is 3.36. The zero-order chi connectivity index (χ0) is 20.6. The summed E-state index contributed by atoms with van der Waals surface area (Å²) < 4.78 is 27.2. The van der Waals surface area contributed by atoms with Gasteiger partial charge in [-0.1, -0.05) is 18.2 Å². The first-order valence-corrected chi connectivity index (χ1v) is 11.7. The van der Waals surface area contributed by atoms with Crippen molar-refractivity contribution in [2.24, 2.45) is 0 Å². The Bertz CT molecular complexity index is 1010. The van der Waals surface area contributed by atoms with E-state index in [-0.39, 0.29) is 18.4 Å². The van der Waals surface area contributed by atoms with Crippen LogP contribution in [0.4, 0.5) is 11.4 Å². The first-order chi connectivity index (χ1) is 13.9. The Balaban J connectivity index is 1.44. The van der Waals surface area contributed by atoms with E-state index in [1.807, 2.05) is 23.1 Å². The van der Waals surface area contributed by atoms with E-state index in [1.165, 1.54) is 20.5 Å². The number of piperazine rings is 1. The maximum Gasteiger partial charge on any atom is 0.252 e. The van der Waals surface area contributed by atoms with Gasteiger partial charge in [0.05, 0.1) is 17.4 Å². The van der Waals surface area contributed by atoms with Crippen LogP contribution in [-0.2, 0) is 19.6 Å². The molecule has 2 amide bonds. The van der Waals surface area contributed by atoms with E-state index >= 15 is 0 Å². The van der Waals surface area contributed by atoms with Crippen molar-refractivity contribution in [3.8, 4) is 0 Å². The number of sulfonamides is 1. The van der Waals surface area contributed by atoms with E-state index in [4.69, 9.17) is 0 Å². The zero-order valence-corrected chi connectivity index (χ0v) is 17.6. The number of hydrogen-bond acceptors (Lipinski definition) is 6. The maximum absolute atomic E-state index is 13.1. The van der Waals surface area contributed by atoms with Crippen molar-refractivity contribution in [1.29, 1.82) is 0 Å². The Hall–Kier alpha value is -2.27. The van der Waals surface area contributed by atoms with Crippen LogP contribution >= 0.6 is 11.3 Å². The SMILES string of the molecule is C[C@H](C(=O)N1CC(=O)Nc2ccccc21)N1CCN(S(=O)(=O)c2cccs2)CC1. The number of para-hydroxylation sites is 2. The summed E-state index contributed by atoms with van der Waals surface area (Å²) in [4.78, 5) is 28.6. The minimum atomic E-state index is -3.48. The summed E-state index contributed by atoms with van der Waals surface area (Å²) in [6, 6.07) is 10.1. The Morgan fingerprint density at radius 3 is 2.52 bits per heavy atom. The second-order valence-corrected chi connectivity index (χ2v) is 10.2. The quantitative estimate of drug-likeness (QED) is 0.786. The number of hydrogen-bond donors (Lipinski definition) is 1. The molecule has 1 aromatic heterocycles. The predicted octanol–water partition coefficient (Wildman–Crippen LogP) is 1.43. The lowest BCUT2D eigenvalue weighted by atomic mass is 10.1. The van der Waals surface area contributed by atoms with Crippen molar-refractivity contribution >= 4 is 44.5 Å². The monoisotopic (exact) mass is 434 g/mol. The molecule has 1 aromatic carbocycles. The number of thiophene rings is 1. The lowest BCUT2D eigenvalue weighted by molar-refractivity contribution is -0.125. The minimum absolute atomic E-state index is 0.0209. The van der Waals surface area contributed by atoms with Crippen molar-refractivity contribution in [2.45, 2.75) is 17.2 Å². The van der Waals surface area contributed by atoms with Crippen LogP contribution in [0.3, 0.4) is 0 Å². The van der Waals surface area contributed by atoms with Crippen LogP contribution in [0.5, 0.6) is 0 Å². The van der Waals surface area contributed by atoms with Gasteiger partial charge in [-0.15, -0.1) is 11.3 Å². The molecule has 3 heterocycles. The fourth-order valence-corrected chi connectivity index (χ4v) is 6.25. The van der Waals surface area contributed by atoms with E-state index in [9.17, 15) is 18.0 Å². The number of nitrogens with zero attached hydrogens (tertiary/aromatic N) is 3. The highest BCUT2D eigenvalue weighted by Crippen LogP contribution is 2.30. The molecule has 0 bridgehead atoms.